The van der Waals surface area contributed by atoms with Gasteiger partial charge in [0.05, 0.1) is 16.4 Å². The lowest BCUT2D eigenvalue weighted by atomic mass is 10.2. The smallest absolute Gasteiger partial charge is 0.295 e. The van der Waals surface area contributed by atoms with Crippen LogP contribution in [0.2, 0.25) is 0 Å². The van der Waals surface area contributed by atoms with Crippen LogP contribution in [0.3, 0.4) is 0 Å². The van der Waals surface area contributed by atoms with Crippen LogP contribution in [-0.4, -0.2) is 41.1 Å². The number of aromatic nitrogens is 2. The van der Waals surface area contributed by atoms with Crippen LogP contribution in [-0.2, 0) is 0 Å². The van der Waals surface area contributed by atoms with E-state index in [0.29, 0.717) is 31.9 Å². The highest BCUT2D eigenvalue weighted by Gasteiger charge is 2.25. The van der Waals surface area contributed by atoms with Crippen molar-refractivity contribution >= 4 is 38.7 Å². The van der Waals surface area contributed by atoms with Crippen molar-refractivity contribution in [3.63, 3.8) is 0 Å². The van der Waals surface area contributed by atoms with Crippen LogP contribution < -0.4 is 9.80 Å². The Labute approximate surface area is 152 Å². The molecule has 2 aromatic heterocycles. The predicted molar refractivity (Wildman–Crippen MR) is 99.6 cm³/mol. The maximum atomic E-state index is 13.4. The largest absolute Gasteiger partial charge is 0.362 e. The van der Waals surface area contributed by atoms with Crippen molar-refractivity contribution in [2.24, 2.45) is 0 Å². The van der Waals surface area contributed by atoms with Gasteiger partial charge in [0.2, 0.25) is 0 Å². The highest BCUT2D eigenvalue weighted by Crippen LogP contribution is 2.33. The molecule has 1 fully saturated rings. The number of benzene rings is 1. The molecule has 1 aromatic carbocycles. The van der Waals surface area contributed by atoms with Crippen molar-refractivity contribution in [2.45, 2.75) is 6.92 Å². The van der Waals surface area contributed by atoms with Crippen molar-refractivity contribution in [2.75, 3.05) is 36.0 Å². The normalized spacial score (nSPS) is 14.8. The number of halogens is 1. The molecular formula is C17H16FN5O2S. The number of nitro groups is 1. The molecule has 0 N–H and O–H groups in total. The Bertz CT molecular complexity index is 984. The zero-order valence-electron chi connectivity index (χ0n) is 14.1. The van der Waals surface area contributed by atoms with Crippen LogP contribution in [0.5, 0.6) is 0 Å². The van der Waals surface area contributed by atoms with E-state index >= 15 is 0 Å². The van der Waals surface area contributed by atoms with Gasteiger partial charge in [0.1, 0.15) is 28.5 Å². The summed E-state index contributed by atoms with van der Waals surface area (Å²) in [6.45, 7) is 4.59. The molecule has 4 rings (SSSR count). The summed E-state index contributed by atoms with van der Waals surface area (Å²) in [7, 11) is 0. The minimum absolute atomic E-state index is 0.198. The zero-order valence-corrected chi connectivity index (χ0v) is 14.9. The van der Waals surface area contributed by atoms with Gasteiger partial charge in [0.25, 0.3) is 5.69 Å². The van der Waals surface area contributed by atoms with E-state index in [0.717, 1.165) is 22.1 Å². The average Bonchev–Trinajstić information content (AvgIpc) is 3.02. The number of fused-ring (bicyclic) bond motifs is 1. The summed E-state index contributed by atoms with van der Waals surface area (Å²) in [4.78, 5) is 25.7. The molecule has 0 spiro atoms. The summed E-state index contributed by atoms with van der Waals surface area (Å²) >= 11 is 1.64. The molecule has 7 nitrogen and oxygen atoms in total. The second kappa shape index (κ2) is 6.49. The first kappa shape index (κ1) is 16.6. The number of hydrogen-bond donors (Lipinski definition) is 0. The van der Waals surface area contributed by atoms with Gasteiger partial charge >= 0.3 is 0 Å². The molecule has 0 unspecified atom stereocenters. The van der Waals surface area contributed by atoms with Crippen LogP contribution >= 0.6 is 11.3 Å². The molecule has 0 aliphatic carbocycles. The Morgan fingerprint density at radius 3 is 2.62 bits per heavy atom. The molecule has 0 saturated carbocycles. The molecule has 1 saturated heterocycles. The van der Waals surface area contributed by atoms with Crippen LogP contribution in [0.1, 0.15) is 4.88 Å². The van der Waals surface area contributed by atoms with E-state index < -0.39 is 10.7 Å². The molecule has 1 aliphatic heterocycles. The average molecular weight is 373 g/mol. The fourth-order valence-electron chi connectivity index (χ4n) is 3.28. The first-order chi connectivity index (χ1) is 12.5. The summed E-state index contributed by atoms with van der Waals surface area (Å²) in [5.74, 6) is 0.294. The van der Waals surface area contributed by atoms with E-state index in [9.17, 15) is 14.5 Å². The molecule has 0 atom stereocenters. The fourth-order valence-corrected chi connectivity index (χ4v) is 4.13. The van der Waals surface area contributed by atoms with Crippen molar-refractivity contribution in [1.29, 1.82) is 0 Å². The topological polar surface area (TPSA) is 75.4 Å². The van der Waals surface area contributed by atoms with Crippen LogP contribution in [0.25, 0.3) is 10.2 Å². The fraction of sp³-hybridized carbons (Fsp3) is 0.294. The Hall–Kier alpha value is -2.81. The third kappa shape index (κ3) is 2.94. The lowest BCUT2D eigenvalue weighted by Gasteiger charge is -2.36. The molecule has 0 amide bonds. The second-order valence-corrected chi connectivity index (χ2v) is 7.37. The number of hydrogen-bond acceptors (Lipinski definition) is 7. The van der Waals surface area contributed by atoms with Crippen molar-refractivity contribution < 1.29 is 9.31 Å². The summed E-state index contributed by atoms with van der Waals surface area (Å²) in [6, 6.07) is 5.81. The lowest BCUT2D eigenvalue weighted by molar-refractivity contribution is -0.384. The molecule has 0 bridgehead atoms. The van der Waals surface area contributed by atoms with E-state index in [1.54, 1.807) is 17.7 Å². The molecule has 9 heteroatoms. The molecule has 0 radical (unpaired) electrons. The Kier molecular flexibility index (Phi) is 4.15. The number of rotatable bonds is 3. The molecule has 26 heavy (non-hydrogen) atoms. The van der Waals surface area contributed by atoms with E-state index in [1.807, 2.05) is 11.8 Å². The van der Waals surface area contributed by atoms with Crippen LogP contribution in [0.15, 0.2) is 30.6 Å². The maximum absolute atomic E-state index is 13.4. The maximum Gasteiger partial charge on any atom is 0.295 e. The van der Waals surface area contributed by atoms with E-state index in [2.05, 4.69) is 20.9 Å². The third-order valence-electron chi connectivity index (χ3n) is 4.49. The van der Waals surface area contributed by atoms with Crippen LogP contribution in [0, 0.1) is 22.9 Å². The van der Waals surface area contributed by atoms with Crippen molar-refractivity contribution in [1.82, 2.24) is 9.97 Å². The standard InChI is InChI=1S/C17H16FN5O2S/c1-11-8-13-16(19-10-20-17(13)26-11)22-6-4-21(5-7-22)14-3-2-12(18)9-15(14)23(24)25/h2-3,8-10H,4-7H2,1H3. The van der Waals surface area contributed by atoms with Gasteiger partial charge in [-0.1, -0.05) is 0 Å². The van der Waals surface area contributed by atoms with E-state index in [1.165, 1.54) is 17.0 Å². The Morgan fingerprint density at radius 1 is 1.15 bits per heavy atom. The van der Waals surface area contributed by atoms with E-state index in [-0.39, 0.29) is 5.69 Å². The SMILES string of the molecule is Cc1cc2c(N3CCN(c4ccc(F)cc4[N+](=O)[O-])CC3)ncnc2s1. The number of anilines is 2. The van der Waals surface area contributed by atoms with E-state index in [4.69, 9.17) is 0 Å². The van der Waals surface area contributed by atoms with Gasteiger partial charge in [-0.15, -0.1) is 11.3 Å². The van der Waals surface area contributed by atoms with Gasteiger partial charge in [-0.05, 0) is 25.1 Å². The molecule has 3 aromatic rings. The highest BCUT2D eigenvalue weighted by molar-refractivity contribution is 7.18. The summed E-state index contributed by atoms with van der Waals surface area (Å²) in [5.41, 5.74) is 0.256. The summed E-state index contributed by atoms with van der Waals surface area (Å²) in [6.07, 6.45) is 1.57. The number of thiophene rings is 1. The van der Waals surface area contributed by atoms with Crippen molar-refractivity contribution in [3.05, 3.63) is 51.4 Å². The number of nitrogens with zero attached hydrogens (tertiary/aromatic N) is 5. The summed E-state index contributed by atoms with van der Waals surface area (Å²) in [5, 5.41) is 12.3. The molecule has 134 valence electrons. The van der Waals surface area contributed by atoms with Gasteiger partial charge in [-0.25, -0.2) is 14.4 Å². The van der Waals surface area contributed by atoms with Gasteiger partial charge in [0.15, 0.2) is 0 Å². The number of piperazine rings is 1. The molecule has 3 heterocycles. The van der Waals surface area contributed by atoms with Crippen LogP contribution in [0.4, 0.5) is 21.6 Å². The predicted octanol–water partition coefficient (Wildman–Crippen LogP) is 3.37. The second-order valence-electron chi connectivity index (χ2n) is 6.14. The molecule has 1 aliphatic rings. The first-order valence-electron chi connectivity index (χ1n) is 8.18. The zero-order chi connectivity index (χ0) is 18.3. The Morgan fingerprint density at radius 2 is 1.88 bits per heavy atom. The third-order valence-corrected chi connectivity index (χ3v) is 5.44. The minimum atomic E-state index is -0.602. The monoisotopic (exact) mass is 373 g/mol. The first-order valence-corrected chi connectivity index (χ1v) is 8.99. The van der Waals surface area contributed by atoms with Gasteiger partial charge in [-0.2, -0.15) is 0 Å². The van der Waals surface area contributed by atoms with Gasteiger partial charge in [0, 0.05) is 31.1 Å². The lowest BCUT2D eigenvalue weighted by Crippen LogP contribution is -2.47. The highest BCUT2D eigenvalue weighted by atomic mass is 32.1. The molecular weight excluding hydrogens is 357 g/mol. The van der Waals surface area contributed by atoms with Gasteiger partial charge in [-0.3, -0.25) is 10.1 Å². The van der Waals surface area contributed by atoms with Gasteiger partial charge < -0.3 is 9.80 Å². The van der Waals surface area contributed by atoms with Crippen molar-refractivity contribution in [3.8, 4) is 0 Å². The number of aryl methyl sites for hydroxylation is 1. The Balaban J connectivity index is 1.57. The summed E-state index contributed by atoms with van der Waals surface area (Å²) < 4.78 is 13.4. The minimum Gasteiger partial charge on any atom is -0.362 e. The number of nitro benzene ring substituents is 1. The quantitative estimate of drug-likeness (QED) is 0.518.